The van der Waals surface area contributed by atoms with Crippen molar-refractivity contribution in [3.05, 3.63) is 89.0 Å². The van der Waals surface area contributed by atoms with Crippen molar-refractivity contribution in [1.82, 2.24) is 5.43 Å². The Hall–Kier alpha value is -2.98. The zero-order chi connectivity index (χ0) is 18.1. The van der Waals surface area contributed by atoms with E-state index in [1.165, 1.54) is 16.7 Å². The second-order valence-electron chi connectivity index (χ2n) is 6.44. The summed E-state index contributed by atoms with van der Waals surface area (Å²) in [6.45, 7) is 4.14. The van der Waals surface area contributed by atoms with E-state index in [-0.39, 0.29) is 0 Å². The van der Waals surface area contributed by atoms with Crippen molar-refractivity contribution >= 4 is 28.7 Å². The van der Waals surface area contributed by atoms with Gasteiger partial charge >= 0.3 is 0 Å². The van der Waals surface area contributed by atoms with Gasteiger partial charge < -0.3 is 5.32 Å². The van der Waals surface area contributed by atoms with Crippen LogP contribution in [0.15, 0.2) is 71.8 Å². The first-order valence-corrected chi connectivity index (χ1v) is 8.95. The molecule has 128 valence electrons. The average molecular weight is 357 g/mol. The Labute approximate surface area is 158 Å². The van der Waals surface area contributed by atoms with E-state index in [9.17, 15) is 0 Å². The van der Waals surface area contributed by atoms with Gasteiger partial charge in [0.1, 0.15) is 0 Å². The molecule has 3 nitrogen and oxygen atoms in total. The van der Waals surface area contributed by atoms with E-state index < -0.39 is 0 Å². The molecule has 0 fully saturated rings. The molecule has 0 radical (unpaired) electrons. The van der Waals surface area contributed by atoms with Gasteiger partial charge in [-0.1, -0.05) is 66.2 Å². The number of rotatable bonds is 2. The highest BCUT2D eigenvalue weighted by atomic mass is 32.1. The minimum atomic E-state index is 0.478. The highest BCUT2D eigenvalue weighted by molar-refractivity contribution is 7.80. The van der Waals surface area contributed by atoms with Gasteiger partial charge in [-0.05, 0) is 48.8 Å². The molecule has 0 saturated carbocycles. The molecule has 0 aromatic heterocycles. The number of benzene rings is 3. The lowest BCUT2D eigenvalue weighted by molar-refractivity contribution is 1.04. The number of nitrogens with zero attached hydrogens (tertiary/aromatic N) is 1. The molecular weight excluding hydrogens is 338 g/mol. The molecule has 0 unspecified atom stereocenters. The summed E-state index contributed by atoms with van der Waals surface area (Å²) < 4.78 is 0. The SMILES string of the molecule is Cc1ccc(NC(=S)NN=C2c3ccccc3-c3ccccc32)c(C)c1. The van der Waals surface area contributed by atoms with Gasteiger partial charge in [0.25, 0.3) is 0 Å². The van der Waals surface area contributed by atoms with Crippen LogP contribution in [0.4, 0.5) is 5.69 Å². The maximum absolute atomic E-state index is 5.43. The van der Waals surface area contributed by atoms with Crippen molar-refractivity contribution in [3.8, 4) is 11.1 Å². The van der Waals surface area contributed by atoms with E-state index in [1.807, 2.05) is 18.2 Å². The van der Waals surface area contributed by atoms with Crippen LogP contribution in [0.25, 0.3) is 11.1 Å². The average Bonchev–Trinajstić information content (AvgIpc) is 2.96. The number of nitrogens with one attached hydrogen (secondary N) is 2. The van der Waals surface area contributed by atoms with Crippen molar-refractivity contribution in [3.63, 3.8) is 0 Å². The van der Waals surface area contributed by atoms with Crippen LogP contribution in [0.5, 0.6) is 0 Å². The first-order chi connectivity index (χ1) is 12.6. The van der Waals surface area contributed by atoms with Crippen LogP contribution in [0, 0.1) is 13.8 Å². The van der Waals surface area contributed by atoms with Gasteiger partial charge in [0, 0.05) is 16.8 Å². The summed E-state index contributed by atoms with van der Waals surface area (Å²) >= 11 is 5.43. The summed E-state index contributed by atoms with van der Waals surface area (Å²) in [5.41, 5.74) is 11.9. The lowest BCUT2D eigenvalue weighted by Crippen LogP contribution is -2.25. The van der Waals surface area contributed by atoms with Crippen molar-refractivity contribution in [2.75, 3.05) is 5.32 Å². The summed E-state index contributed by atoms with van der Waals surface area (Å²) in [7, 11) is 0. The molecule has 0 aliphatic heterocycles. The summed E-state index contributed by atoms with van der Waals surface area (Å²) in [5.74, 6) is 0. The van der Waals surface area contributed by atoms with Gasteiger partial charge in [0.2, 0.25) is 0 Å². The molecule has 0 heterocycles. The predicted octanol–water partition coefficient (Wildman–Crippen LogP) is 5.02. The number of hydrogen-bond donors (Lipinski definition) is 2. The van der Waals surface area contributed by atoms with Crippen molar-refractivity contribution in [2.24, 2.45) is 5.10 Å². The first kappa shape index (κ1) is 16.5. The molecule has 26 heavy (non-hydrogen) atoms. The van der Waals surface area contributed by atoms with E-state index in [4.69, 9.17) is 12.2 Å². The van der Waals surface area contributed by atoms with E-state index in [1.54, 1.807) is 0 Å². The van der Waals surface area contributed by atoms with Gasteiger partial charge in [-0.25, -0.2) is 0 Å². The smallest absolute Gasteiger partial charge is 0.191 e. The molecule has 0 amide bonds. The minimum absolute atomic E-state index is 0.478. The molecule has 3 aromatic rings. The zero-order valence-corrected chi connectivity index (χ0v) is 15.5. The Bertz CT molecular complexity index is 990. The highest BCUT2D eigenvalue weighted by Gasteiger charge is 2.24. The molecule has 0 atom stereocenters. The molecule has 4 rings (SSSR count). The quantitative estimate of drug-likeness (QED) is 0.390. The number of anilines is 1. The second kappa shape index (κ2) is 6.73. The van der Waals surface area contributed by atoms with E-state index in [0.717, 1.165) is 28.1 Å². The fourth-order valence-corrected chi connectivity index (χ4v) is 3.48. The van der Waals surface area contributed by atoms with Crippen LogP contribution in [0.1, 0.15) is 22.3 Å². The van der Waals surface area contributed by atoms with Crippen LogP contribution in [-0.4, -0.2) is 10.8 Å². The number of hydrogen-bond acceptors (Lipinski definition) is 2. The molecule has 4 heteroatoms. The molecular formula is C22H19N3S. The van der Waals surface area contributed by atoms with Crippen LogP contribution in [0.3, 0.4) is 0 Å². The normalized spacial score (nSPS) is 11.5. The number of thiocarbonyl (C=S) groups is 1. The molecule has 3 aromatic carbocycles. The Morgan fingerprint density at radius 3 is 1.96 bits per heavy atom. The Morgan fingerprint density at radius 2 is 1.38 bits per heavy atom. The first-order valence-electron chi connectivity index (χ1n) is 8.54. The van der Waals surface area contributed by atoms with Crippen LogP contribution in [-0.2, 0) is 0 Å². The largest absolute Gasteiger partial charge is 0.331 e. The minimum Gasteiger partial charge on any atom is -0.331 e. The summed E-state index contributed by atoms with van der Waals surface area (Å²) in [4.78, 5) is 0. The van der Waals surface area contributed by atoms with Gasteiger partial charge in [0.05, 0.1) is 5.71 Å². The van der Waals surface area contributed by atoms with Crippen LogP contribution >= 0.6 is 12.2 Å². The summed E-state index contributed by atoms with van der Waals surface area (Å²) in [6, 6.07) is 22.8. The third kappa shape index (κ3) is 3.00. The van der Waals surface area contributed by atoms with Crippen LogP contribution < -0.4 is 10.7 Å². The molecule has 0 saturated heterocycles. The fourth-order valence-electron chi connectivity index (χ4n) is 3.33. The maximum Gasteiger partial charge on any atom is 0.191 e. The highest BCUT2D eigenvalue weighted by Crippen LogP contribution is 2.36. The molecule has 0 spiro atoms. The van der Waals surface area contributed by atoms with E-state index in [2.05, 4.69) is 78.2 Å². The van der Waals surface area contributed by atoms with Crippen LogP contribution in [0.2, 0.25) is 0 Å². The third-order valence-electron chi connectivity index (χ3n) is 4.55. The van der Waals surface area contributed by atoms with Crippen molar-refractivity contribution in [2.45, 2.75) is 13.8 Å². The standard InChI is InChI=1S/C22H19N3S/c1-14-11-12-20(15(2)13-14)23-22(26)25-24-21-18-9-5-3-7-16(18)17-8-4-6-10-19(17)21/h3-13H,1-2H3,(H2,23,25,26). The van der Waals surface area contributed by atoms with Crippen molar-refractivity contribution < 1.29 is 0 Å². The van der Waals surface area contributed by atoms with E-state index >= 15 is 0 Å². The fraction of sp³-hybridized carbons (Fsp3) is 0.0909. The Morgan fingerprint density at radius 1 is 0.808 bits per heavy atom. The van der Waals surface area contributed by atoms with Gasteiger partial charge in [-0.2, -0.15) is 5.10 Å². The second-order valence-corrected chi connectivity index (χ2v) is 6.84. The van der Waals surface area contributed by atoms with Gasteiger partial charge in [-0.15, -0.1) is 0 Å². The Kier molecular flexibility index (Phi) is 4.27. The van der Waals surface area contributed by atoms with Crippen molar-refractivity contribution in [1.29, 1.82) is 0 Å². The third-order valence-corrected chi connectivity index (χ3v) is 4.75. The zero-order valence-electron chi connectivity index (χ0n) is 14.7. The molecule has 0 bridgehead atoms. The molecule has 1 aliphatic rings. The summed E-state index contributed by atoms with van der Waals surface area (Å²) in [5, 5.41) is 8.31. The molecule has 1 aliphatic carbocycles. The monoisotopic (exact) mass is 357 g/mol. The van der Waals surface area contributed by atoms with Gasteiger partial charge in [0.15, 0.2) is 5.11 Å². The lowest BCUT2D eigenvalue weighted by atomic mass is 10.1. The predicted molar refractivity (Wildman–Crippen MR) is 113 cm³/mol. The maximum atomic E-state index is 5.43. The number of aryl methyl sites for hydroxylation is 2. The molecule has 2 N–H and O–H groups in total. The topological polar surface area (TPSA) is 36.4 Å². The van der Waals surface area contributed by atoms with Gasteiger partial charge in [-0.3, -0.25) is 5.43 Å². The lowest BCUT2D eigenvalue weighted by Gasteiger charge is -2.11. The number of fused-ring (bicyclic) bond motifs is 3. The Balaban J connectivity index is 1.60. The number of hydrazone groups is 1. The summed E-state index contributed by atoms with van der Waals surface area (Å²) in [6.07, 6.45) is 0. The van der Waals surface area contributed by atoms with E-state index in [0.29, 0.717) is 5.11 Å².